The minimum atomic E-state index is -3.56. The first-order valence-corrected chi connectivity index (χ1v) is 11.1. The van der Waals surface area contributed by atoms with Crippen molar-refractivity contribution in [3.8, 4) is 0 Å². The summed E-state index contributed by atoms with van der Waals surface area (Å²) in [5, 5.41) is 7.15. The van der Waals surface area contributed by atoms with Gasteiger partial charge in [0.15, 0.2) is 5.96 Å². The molecule has 2 aromatic carbocycles. The molecular weight excluding hydrogens is 412 g/mol. The van der Waals surface area contributed by atoms with Crippen LogP contribution in [-0.2, 0) is 27.7 Å². The molecule has 3 N–H and O–H groups in total. The Labute approximate surface area is 177 Å². The van der Waals surface area contributed by atoms with E-state index in [2.05, 4.69) is 20.3 Å². The Kier molecular flexibility index (Phi) is 9.40. The third-order valence-corrected chi connectivity index (χ3v) is 5.78. The molecule has 0 atom stereocenters. The molecule has 0 heterocycles. The van der Waals surface area contributed by atoms with Gasteiger partial charge in [-0.15, -0.1) is 0 Å². The molecule has 0 fully saturated rings. The van der Waals surface area contributed by atoms with E-state index in [4.69, 9.17) is 16.3 Å². The number of sulfonamides is 1. The summed E-state index contributed by atoms with van der Waals surface area (Å²) in [4.78, 5) is 4.42. The van der Waals surface area contributed by atoms with Crippen molar-refractivity contribution in [3.05, 3.63) is 64.7 Å². The zero-order valence-electron chi connectivity index (χ0n) is 16.6. The lowest BCUT2D eigenvalue weighted by Crippen LogP contribution is -2.37. The molecule has 2 rings (SSSR count). The highest BCUT2D eigenvalue weighted by Crippen LogP contribution is 2.12. The summed E-state index contributed by atoms with van der Waals surface area (Å²) in [7, 11) is -0.348. The van der Waals surface area contributed by atoms with Gasteiger partial charge in [0.2, 0.25) is 10.0 Å². The highest BCUT2D eigenvalue weighted by molar-refractivity contribution is 7.89. The van der Waals surface area contributed by atoms with Crippen LogP contribution in [0.25, 0.3) is 0 Å². The quantitative estimate of drug-likeness (QED) is 0.300. The van der Waals surface area contributed by atoms with E-state index in [0.29, 0.717) is 25.7 Å². The summed E-state index contributed by atoms with van der Waals surface area (Å²) in [6.07, 6.45) is 0.808. The first-order valence-electron chi connectivity index (χ1n) is 9.21. The van der Waals surface area contributed by atoms with Crippen LogP contribution in [0.5, 0.6) is 0 Å². The maximum Gasteiger partial charge on any atom is 0.240 e. The summed E-state index contributed by atoms with van der Waals surface area (Å²) >= 11 is 6.00. The maximum atomic E-state index is 12.3. The van der Waals surface area contributed by atoms with Gasteiger partial charge in [0.25, 0.3) is 0 Å². The van der Waals surface area contributed by atoms with Crippen molar-refractivity contribution < 1.29 is 13.2 Å². The lowest BCUT2D eigenvalue weighted by atomic mass is 10.1. The standard InChI is InChI=1S/C20H27ClN4O3S/c1-22-20(23-10-9-16-5-3-7-18(21)13-16)24-15-17-6-4-8-19(14-17)29(26,27)25-11-12-28-2/h3-8,13-14,25H,9-12,15H2,1-2H3,(H2,22,23,24). The lowest BCUT2D eigenvalue weighted by Gasteiger charge is -2.13. The van der Waals surface area contributed by atoms with E-state index in [9.17, 15) is 8.42 Å². The maximum absolute atomic E-state index is 12.3. The normalized spacial score (nSPS) is 12.0. The number of halogens is 1. The molecule has 0 saturated heterocycles. The zero-order valence-corrected chi connectivity index (χ0v) is 18.2. The minimum Gasteiger partial charge on any atom is -0.383 e. The largest absolute Gasteiger partial charge is 0.383 e. The highest BCUT2D eigenvalue weighted by Gasteiger charge is 2.13. The van der Waals surface area contributed by atoms with Crippen molar-refractivity contribution in [1.82, 2.24) is 15.4 Å². The molecule has 9 heteroatoms. The molecule has 7 nitrogen and oxygen atoms in total. The van der Waals surface area contributed by atoms with Gasteiger partial charge < -0.3 is 15.4 Å². The first-order chi connectivity index (χ1) is 13.9. The van der Waals surface area contributed by atoms with Gasteiger partial charge in [0.05, 0.1) is 11.5 Å². The number of aliphatic imine (C=N–C) groups is 1. The summed E-state index contributed by atoms with van der Waals surface area (Å²) in [6, 6.07) is 14.5. The van der Waals surface area contributed by atoms with E-state index >= 15 is 0 Å². The molecule has 158 valence electrons. The third-order valence-electron chi connectivity index (χ3n) is 4.09. The van der Waals surface area contributed by atoms with Crippen molar-refractivity contribution in [2.24, 2.45) is 4.99 Å². The van der Waals surface area contributed by atoms with Crippen LogP contribution in [0.1, 0.15) is 11.1 Å². The second-order valence-electron chi connectivity index (χ2n) is 6.27. The number of guanidine groups is 1. The predicted octanol–water partition coefficient (Wildman–Crippen LogP) is 2.17. The SMILES string of the molecule is CN=C(NCCc1cccc(Cl)c1)NCc1cccc(S(=O)(=O)NCCOC)c1. The fourth-order valence-electron chi connectivity index (χ4n) is 2.61. The van der Waals surface area contributed by atoms with E-state index in [1.54, 1.807) is 25.2 Å². The first kappa shape index (κ1) is 23.2. The van der Waals surface area contributed by atoms with Crippen LogP contribution < -0.4 is 15.4 Å². The van der Waals surface area contributed by atoms with Gasteiger partial charge in [-0.1, -0.05) is 35.9 Å². The fourth-order valence-corrected chi connectivity index (χ4v) is 3.90. The van der Waals surface area contributed by atoms with Crippen molar-refractivity contribution in [2.75, 3.05) is 33.9 Å². The van der Waals surface area contributed by atoms with Gasteiger partial charge in [0, 0.05) is 38.8 Å². The number of rotatable bonds is 10. The van der Waals surface area contributed by atoms with Crippen molar-refractivity contribution >= 4 is 27.6 Å². The van der Waals surface area contributed by atoms with Crippen LogP contribution in [0.2, 0.25) is 5.02 Å². The molecule has 0 amide bonds. The van der Waals surface area contributed by atoms with Crippen molar-refractivity contribution in [2.45, 2.75) is 17.9 Å². The second-order valence-corrected chi connectivity index (χ2v) is 8.47. The van der Waals surface area contributed by atoms with E-state index in [1.165, 1.54) is 7.11 Å². The molecule has 0 bridgehead atoms. The van der Waals surface area contributed by atoms with E-state index in [0.717, 1.165) is 22.6 Å². The molecule has 0 aliphatic rings. The average Bonchev–Trinajstić information content (AvgIpc) is 2.71. The van der Waals surface area contributed by atoms with Gasteiger partial charge in [-0.05, 0) is 41.8 Å². The number of benzene rings is 2. The molecule has 29 heavy (non-hydrogen) atoms. The minimum absolute atomic E-state index is 0.219. The Balaban J connectivity index is 1.87. The van der Waals surface area contributed by atoms with E-state index < -0.39 is 10.0 Å². The molecule has 0 spiro atoms. The molecule has 0 unspecified atom stereocenters. The van der Waals surface area contributed by atoms with Gasteiger partial charge in [0.1, 0.15) is 0 Å². The summed E-state index contributed by atoms with van der Waals surface area (Å²) in [5.41, 5.74) is 1.97. The van der Waals surface area contributed by atoms with Gasteiger partial charge in [-0.25, -0.2) is 13.1 Å². The van der Waals surface area contributed by atoms with Crippen molar-refractivity contribution in [1.29, 1.82) is 0 Å². The summed E-state index contributed by atoms with van der Waals surface area (Å²) in [5.74, 6) is 0.638. The highest BCUT2D eigenvalue weighted by atomic mass is 35.5. The molecule has 0 aliphatic carbocycles. The molecular formula is C20H27ClN4O3S. The Morgan fingerprint density at radius 2 is 1.83 bits per heavy atom. The smallest absolute Gasteiger partial charge is 0.240 e. The molecule has 0 aliphatic heterocycles. The monoisotopic (exact) mass is 438 g/mol. The third kappa shape index (κ3) is 8.02. The molecule has 0 saturated carbocycles. The van der Waals surface area contributed by atoms with Crippen LogP contribution in [0.4, 0.5) is 0 Å². The Hall–Kier alpha value is -2.13. The van der Waals surface area contributed by atoms with Crippen LogP contribution in [-0.4, -0.2) is 48.2 Å². The van der Waals surface area contributed by atoms with Crippen LogP contribution in [0.15, 0.2) is 58.4 Å². The second kappa shape index (κ2) is 11.8. The lowest BCUT2D eigenvalue weighted by molar-refractivity contribution is 0.204. The Bertz CT molecular complexity index is 919. The number of nitrogens with one attached hydrogen (secondary N) is 3. The van der Waals surface area contributed by atoms with Crippen LogP contribution in [0.3, 0.4) is 0 Å². The number of nitrogens with zero attached hydrogens (tertiary/aromatic N) is 1. The number of hydrogen-bond acceptors (Lipinski definition) is 4. The number of ether oxygens (including phenoxy) is 1. The van der Waals surface area contributed by atoms with Crippen LogP contribution >= 0.6 is 11.6 Å². The van der Waals surface area contributed by atoms with Gasteiger partial charge in [-0.2, -0.15) is 0 Å². The number of methoxy groups -OCH3 is 1. The van der Waals surface area contributed by atoms with Crippen LogP contribution in [0, 0.1) is 0 Å². The molecule has 2 aromatic rings. The Morgan fingerprint density at radius 1 is 1.07 bits per heavy atom. The summed E-state index contributed by atoms with van der Waals surface area (Å²) < 4.78 is 32.0. The molecule has 0 radical (unpaired) electrons. The average molecular weight is 439 g/mol. The topological polar surface area (TPSA) is 91.8 Å². The Morgan fingerprint density at radius 3 is 2.55 bits per heavy atom. The predicted molar refractivity (Wildman–Crippen MR) is 117 cm³/mol. The number of hydrogen-bond donors (Lipinski definition) is 3. The zero-order chi connectivity index (χ0) is 21.1. The molecule has 0 aromatic heterocycles. The van der Waals surface area contributed by atoms with E-state index in [-0.39, 0.29) is 11.4 Å². The summed E-state index contributed by atoms with van der Waals surface area (Å²) in [6.45, 7) is 1.68. The fraction of sp³-hybridized carbons (Fsp3) is 0.350. The van der Waals surface area contributed by atoms with Gasteiger partial charge in [-0.3, -0.25) is 4.99 Å². The van der Waals surface area contributed by atoms with Gasteiger partial charge >= 0.3 is 0 Å². The van der Waals surface area contributed by atoms with E-state index in [1.807, 2.05) is 30.3 Å². The van der Waals surface area contributed by atoms with Crippen molar-refractivity contribution in [3.63, 3.8) is 0 Å².